The van der Waals surface area contributed by atoms with Crippen molar-refractivity contribution >= 4 is 23.1 Å². The summed E-state index contributed by atoms with van der Waals surface area (Å²) in [5.74, 6) is -0.0978. The maximum absolute atomic E-state index is 12.0. The van der Waals surface area contributed by atoms with Crippen LogP contribution in [0.25, 0.3) is 11.1 Å². The summed E-state index contributed by atoms with van der Waals surface area (Å²) in [6.07, 6.45) is 18.3. The maximum Gasteiger partial charge on any atom is 0.305 e. The molecule has 306 valence electrons. The Balaban J connectivity index is 1.22. The molecule has 1 atom stereocenters. The molecule has 0 saturated carbocycles. The van der Waals surface area contributed by atoms with Crippen LogP contribution in [0.3, 0.4) is 0 Å². The molecular weight excluding hydrogens is 717 g/mol. The molecule has 0 bridgehead atoms. The van der Waals surface area contributed by atoms with Gasteiger partial charge < -0.3 is 19.1 Å². The molecule has 3 aliphatic heterocycles. The van der Waals surface area contributed by atoms with E-state index in [4.69, 9.17) is 14.2 Å². The molecule has 58 heavy (non-hydrogen) atoms. The predicted molar refractivity (Wildman–Crippen MR) is 238 cm³/mol. The average molecular weight is 782 g/mol. The maximum atomic E-state index is 12.0. The monoisotopic (exact) mass is 781 g/mol. The first-order chi connectivity index (χ1) is 27.8. The van der Waals surface area contributed by atoms with Crippen LogP contribution < -0.4 is 4.90 Å². The number of esters is 1. The zero-order chi connectivity index (χ0) is 41.3. The summed E-state index contributed by atoms with van der Waals surface area (Å²) in [7, 11) is 0. The smallest absolute Gasteiger partial charge is 0.305 e. The van der Waals surface area contributed by atoms with E-state index in [1.54, 1.807) is 0 Å². The first kappa shape index (κ1) is 41.6. The number of para-hydroxylation sites is 1. The second kappa shape index (κ2) is 16.6. The van der Waals surface area contributed by atoms with Gasteiger partial charge in [-0.1, -0.05) is 93.5 Å². The second-order valence-electron chi connectivity index (χ2n) is 18.5. The minimum Gasteiger partial charge on any atom is -0.466 e. The zero-order valence-electron chi connectivity index (χ0n) is 36.3. The molecule has 3 heterocycles. The summed E-state index contributed by atoms with van der Waals surface area (Å²) in [5, 5.41) is 0. The fraction of sp³-hybridized carbons (Fsp3) is 0.462. The summed E-state index contributed by atoms with van der Waals surface area (Å²) in [6, 6.07) is 22.7. The number of carbonyl (C=O) groups is 1. The largest absolute Gasteiger partial charge is 0.466 e. The molecule has 0 N–H and O–H groups in total. The van der Waals surface area contributed by atoms with Crippen molar-refractivity contribution in [1.82, 2.24) is 0 Å². The van der Waals surface area contributed by atoms with Crippen LogP contribution in [0.4, 0.5) is 11.4 Å². The van der Waals surface area contributed by atoms with E-state index < -0.39 is 0 Å². The highest BCUT2D eigenvalue weighted by molar-refractivity contribution is 6.04. The van der Waals surface area contributed by atoms with Crippen LogP contribution in [0.1, 0.15) is 116 Å². The number of benzene rings is 3. The van der Waals surface area contributed by atoms with E-state index in [1.165, 1.54) is 56.2 Å². The highest BCUT2D eigenvalue weighted by Crippen LogP contribution is 2.54. The van der Waals surface area contributed by atoms with Gasteiger partial charge in [-0.3, -0.25) is 4.79 Å². The van der Waals surface area contributed by atoms with Crippen molar-refractivity contribution in [3.8, 4) is 11.1 Å². The molecule has 1 aliphatic carbocycles. The quantitative estimate of drug-likeness (QED) is 0.0476. The van der Waals surface area contributed by atoms with Crippen LogP contribution in [0.5, 0.6) is 0 Å². The topological polar surface area (TPSA) is 51.0 Å². The third-order valence-corrected chi connectivity index (χ3v) is 13.2. The van der Waals surface area contributed by atoms with Crippen molar-refractivity contribution < 1.29 is 23.6 Å². The summed E-state index contributed by atoms with van der Waals surface area (Å²) in [6.45, 7) is 25.7. The number of hydrogen-bond acceptors (Lipinski definition) is 5. The zero-order valence-corrected chi connectivity index (χ0v) is 36.3. The van der Waals surface area contributed by atoms with E-state index in [9.17, 15) is 4.79 Å². The van der Waals surface area contributed by atoms with E-state index in [2.05, 4.69) is 156 Å². The van der Waals surface area contributed by atoms with Crippen LogP contribution in [-0.2, 0) is 35.3 Å². The number of anilines is 1. The highest BCUT2D eigenvalue weighted by Gasteiger charge is 2.50. The Bertz CT molecular complexity index is 2160. The molecule has 0 radical (unpaired) electrons. The van der Waals surface area contributed by atoms with Crippen molar-refractivity contribution in [3.05, 3.63) is 132 Å². The number of allylic oxidation sites excluding steroid dienone is 6. The van der Waals surface area contributed by atoms with E-state index in [0.29, 0.717) is 26.2 Å². The van der Waals surface area contributed by atoms with Crippen molar-refractivity contribution in [1.29, 1.82) is 0 Å². The summed E-state index contributed by atoms with van der Waals surface area (Å²) in [4.78, 5) is 14.5. The Morgan fingerprint density at radius 1 is 0.879 bits per heavy atom. The number of nitrogens with zero attached hydrogens (tertiary/aromatic N) is 2. The number of hydrogen-bond donors (Lipinski definition) is 0. The lowest BCUT2D eigenvalue weighted by molar-refractivity contribution is -0.463. The molecule has 3 aromatic rings. The Kier molecular flexibility index (Phi) is 11.9. The number of carbonyl (C=O) groups excluding carboxylic acids is 1. The Morgan fingerprint density at radius 2 is 1.60 bits per heavy atom. The van der Waals surface area contributed by atoms with E-state index in [-0.39, 0.29) is 33.9 Å². The van der Waals surface area contributed by atoms with Gasteiger partial charge in [0.25, 0.3) is 0 Å². The number of rotatable bonds is 16. The number of unbranched alkanes of at least 4 members (excludes halogenated alkanes) is 2. The molecule has 7 rings (SSSR count). The first-order valence-electron chi connectivity index (χ1n) is 21.6. The molecule has 4 aliphatic rings. The van der Waals surface area contributed by atoms with E-state index >= 15 is 0 Å². The molecule has 1 unspecified atom stereocenters. The van der Waals surface area contributed by atoms with Gasteiger partial charge in [-0.2, -0.15) is 4.58 Å². The standard InChI is InChI=1S/C52H65N2O4/c1-10-12-31-53-43-26-21-20-25-40(43)52(9,30-22-14-17-29-47(55)56-11-2)46(53)28-16-13-15-27-45-51(7,8)42-34-38-37-23-18-19-24-39(37)50(5,6)41(38)35-44(42)54(45)36-49(3,4)48-57-32-33-58-48/h10,13,15-16,18-21,23-28,34-35,48H,1,11-12,14,17,22,29-33,36H2,2-9H3/q+1. The Labute approximate surface area is 348 Å². The molecule has 1 fully saturated rings. The van der Waals surface area contributed by atoms with Crippen molar-refractivity contribution in [2.45, 2.75) is 116 Å². The number of ether oxygens (including phenoxy) is 3. The first-order valence-corrected chi connectivity index (χ1v) is 21.6. The highest BCUT2D eigenvalue weighted by atomic mass is 16.7. The number of fused-ring (bicyclic) bond motifs is 5. The van der Waals surface area contributed by atoms with Crippen molar-refractivity contribution in [3.63, 3.8) is 0 Å². The van der Waals surface area contributed by atoms with Gasteiger partial charge in [-0.25, -0.2) is 0 Å². The molecule has 0 amide bonds. The predicted octanol–water partition coefficient (Wildman–Crippen LogP) is 11.6. The molecule has 6 nitrogen and oxygen atoms in total. The lowest BCUT2D eigenvalue weighted by Gasteiger charge is -2.30. The van der Waals surface area contributed by atoms with Gasteiger partial charge in [0.15, 0.2) is 18.5 Å². The Morgan fingerprint density at radius 3 is 2.34 bits per heavy atom. The molecular formula is C52H65N2O4+. The lowest BCUT2D eigenvalue weighted by atomic mass is 9.77. The van der Waals surface area contributed by atoms with Crippen LogP contribution >= 0.6 is 0 Å². The molecule has 3 aromatic carbocycles. The van der Waals surface area contributed by atoms with E-state index in [0.717, 1.165) is 45.2 Å². The molecule has 0 aromatic heterocycles. The third kappa shape index (κ3) is 7.59. The van der Waals surface area contributed by atoms with Gasteiger partial charge >= 0.3 is 5.97 Å². The lowest BCUT2D eigenvalue weighted by Crippen LogP contribution is -2.39. The van der Waals surface area contributed by atoms with Gasteiger partial charge in [-0.05, 0) is 107 Å². The van der Waals surface area contributed by atoms with E-state index in [1.807, 2.05) is 13.0 Å². The fourth-order valence-corrected chi connectivity index (χ4v) is 10.1. The summed E-state index contributed by atoms with van der Waals surface area (Å²) < 4.78 is 20.0. The van der Waals surface area contributed by atoms with Crippen LogP contribution in [0.15, 0.2) is 109 Å². The molecule has 0 spiro atoms. The summed E-state index contributed by atoms with van der Waals surface area (Å²) in [5.41, 5.74) is 12.6. The SMILES string of the molecule is C=CCCN1/C(=C/C=C/C=C/C2=[N+](CC(C)(C)C3OCCO3)c3cc4c(cc3C2(C)C)-c2ccccc2C4(C)C)C(C)(CCCCCC(=O)OCC)c2ccccc21. The fourth-order valence-electron chi connectivity index (χ4n) is 10.1. The van der Waals surface area contributed by atoms with Gasteiger partial charge in [-0.15, -0.1) is 6.58 Å². The molecule has 1 saturated heterocycles. The normalized spacial score (nSPS) is 21.3. The molecule has 6 heteroatoms. The van der Waals surface area contributed by atoms with Crippen molar-refractivity contribution in [2.24, 2.45) is 5.41 Å². The van der Waals surface area contributed by atoms with Gasteiger partial charge in [0, 0.05) is 52.9 Å². The van der Waals surface area contributed by atoms with Gasteiger partial charge in [0.2, 0.25) is 5.69 Å². The van der Waals surface area contributed by atoms with Gasteiger partial charge in [0.05, 0.1) is 30.7 Å². The minimum atomic E-state index is -0.252. The minimum absolute atomic E-state index is 0.0879. The summed E-state index contributed by atoms with van der Waals surface area (Å²) >= 11 is 0. The van der Waals surface area contributed by atoms with Crippen LogP contribution in [-0.4, -0.2) is 55.5 Å². The third-order valence-electron chi connectivity index (χ3n) is 13.2. The van der Waals surface area contributed by atoms with Crippen LogP contribution in [0, 0.1) is 5.41 Å². The van der Waals surface area contributed by atoms with Crippen LogP contribution in [0.2, 0.25) is 0 Å². The average Bonchev–Trinajstić information content (AvgIpc) is 3.93. The Hall–Kier alpha value is -4.52. The van der Waals surface area contributed by atoms with Crippen molar-refractivity contribution in [2.75, 3.05) is 37.8 Å². The second-order valence-corrected chi connectivity index (χ2v) is 18.5. The van der Waals surface area contributed by atoms with Gasteiger partial charge in [0.1, 0.15) is 0 Å².